The van der Waals surface area contributed by atoms with Gasteiger partial charge < -0.3 is 11.5 Å². The zero-order chi connectivity index (χ0) is 9.78. The molecule has 0 aliphatic rings. The van der Waals surface area contributed by atoms with Crippen LogP contribution in [0.25, 0.3) is 0 Å². The summed E-state index contributed by atoms with van der Waals surface area (Å²) in [5.41, 5.74) is 12.0. The minimum atomic E-state index is 0.218. The molecule has 0 saturated heterocycles. The van der Waals surface area contributed by atoms with E-state index in [0.29, 0.717) is 12.0 Å². The smallest absolute Gasteiger partial charge is 0.00675 e. The molecular formula is C10H24N2. The Kier molecular flexibility index (Phi) is 4.80. The zero-order valence-electron chi connectivity index (χ0n) is 8.93. The first-order chi connectivity index (χ1) is 5.51. The summed E-state index contributed by atoms with van der Waals surface area (Å²) in [6.45, 7) is 9.50. The van der Waals surface area contributed by atoms with E-state index in [9.17, 15) is 0 Å². The van der Waals surface area contributed by atoms with Gasteiger partial charge in [0.15, 0.2) is 0 Å². The largest absolute Gasteiger partial charge is 0.330 e. The average Bonchev–Trinajstić information content (AvgIpc) is 2.14. The molecule has 0 aliphatic heterocycles. The van der Waals surface area contributed by atoms with Crippen LogP contribution in [0, 0.1) is 11.3 Å². The molecule has 74 valence electrons. The predicted octanol–water partition coefficient (Wildman–Crippen LogP) is 1.73. The molecule has 2 nitrogen and oxygen atoms in total. The Bertz CT molecular complexity index is 119. The lowest BCUT2D eigenvalue weighted by Gasteiger charge is -2.37. The molecule has 12 heavy (non-hydrogen) atoms. The first-order valence-electron chi connectivity index (χ1n) is 4.97. The number of hydrogen-bond donors (Lipinski definition) is 2. The van der Waals surface area contributed by atoms with Crippen molar-refractivity contribution in [3.63, 3.8) is 0 Å². The van der Waals surface area contributed by atoms with Crippen LogP contribution < -0.4 is 11.5 Å². The monoisotopic (exact) mass is 172 g/mol. The molecule has 0 heterocycles. The van der Waals surface area contributed by atoms with Crippen molar-refractivity contribution in [3.8, 4) is 0 Å². The standard InChI is InChI=1S/C10H24N2/c1-5-9(12)8(3)10(4,6-2)7-11/h8-9H,5-7,11-12H2,1-4H3. The Morgan fingerprint density at radius 3 is 2.08 bits per heavy atom. The van der Waals surface area contributed by atoms with Crippen LogP contribution in [0.1, 0.15) is 40.5 Å². The molecule has 3 atom stereocenters. The van der Waals surface area contributed by atoms with Gasteiger partial charge in [-0.1, -0.05) is 27.7 Å². The maximum atomic E-state index is 6.00. The summed E-state index contributed by atoms with van der Waals surface area (Å²) in [6, 6.07) is 0.290. The third-order valence-corrected chi connectivity index (χ3v) is 3.49. The highest BCUT2D eigenvalue weighted by molar-refractivity contribution is 4.85. The molecular weight excluding hydrogens is 148 g/mol. The molecule has 0 saturated carbocycles. The van der Waals surface area contributed by atoms with E-state index in [2.05, 4.69) is 27.7 Å². The predicted molar refractivity (Wildman–Crippen MR) is 54.9 cm³/mol. The molecule has 0 rings (SSSR count). The normalized spacial score (nSPS) is 21.5. The first kappa shape index (κ1) is 11.9. The minimum Gasteiger partial charge on any atom is -0.330 e. The second-order valence-electron chi connectivity index (χ2n) is 4.07. The van der Waals surface area contributed by atoms with Crippen molar-refractivity contribution in [1.29, 1.82) is 0 Å². The molecule has 3 unspecified atom stereocenters. The second kappa shape index (κ2) is 4.83. The Hall–Kier alpha value is -0.0800. The zero-order valence-corrected chi connectivity index (χ0v) is 8.93. The maximum Gasteiger partial charge on any atom is 0.00675 e. The second-order valence-corrected chi connectivity index (χ2v) is 4.07. The Labute approximate surface area is 76.7 Å². The highest BCUT2D eigenvalue weighted by Gasteiger charge is 2.30. The van der Waals surface area contributed by atoms with Crippen LogP contribution in [0.4, 0.5) is 0 Å². The SMILES string of the molecule is CCC(N)C(C)C(C)(CC)CN. The van der Waals surface area contributed by atoms with Gasteiger partial charge in [0.1, 0.15) is 0 Å². The molecule has 0 aromatic carbocycles. The lowest BCUT2D eigenvalue weighted by molar-refractivity contribution is 0.170. The van der Waals surface area contributed by atoms with Gasteiger partial charge in [0.25, 0.3) is 0 Å². The van der Waals surface area contributed by atoms with Crippen molar-refractivity contribution in [2.75, 3.05) is 6.54 Å². The third kappa shape index (κ3) is 2.46. The first-order valence-corrected chi connectivity index (χ1v) is 4.97. The maximum absolute atomic E-state index is 6.00. The molecule has 0 spiro atoms. The number of nitrogens with two attached hydrogens (primary N) is 2. The quantitative estimate of drug-likeness (QED) is 0.663. The van der Waals surface area contributed by atoms with Crippen LogP contribution in [0.15, 0.2) is 0 Å². The summed E-state index contributed by atoms with van der Waals surface area (Å²) in [7, 11) is 0. The van der Waals surface area contributed by atoms with Crippen molar-refractivity contribution in [2.45, 2.75) is 46.6 Å². The van der Waals surface area contributed by atoms with Crippen LogP contribution in [0.5, 0.6) is 0 Å². The van der Waals surface area contributed by atoms with Crippen molar-refractivity contribution in [1.82, 2.24) is 0 Å². The van der Waals surface area contributed by atoms with E-state index in [0.717, 1.165) is 19.4 Å². The number of rotatable bonds is 5. The van der Waals surface area contributed by atoms with E-state index in [-0.39, 0.29) is 5.41 Å². The summed E-state index contributed by atoms with van der Waals surface area (Å²) in [4.78, 5) is 0. The van der Waals surface area contributed by atoms with Crippen molar-refractivity contribution >= 4 is 0 Å². The van der Waals surface area contributed by atoms with Gasteiger partial charge in [-0.2, -0.15) is 0 Å². The summed E-state index contributed by atoms with van der Waals surface area (Å²) in [5, 5.41) is 0. The highest BCUT2D eigenvalue weighted by Crippen LogP contribution is 2.32. The fourth-order valence-electron chi connectivity index (χ4n) is 1.52. The molecule has 0 radical (unpaired) electrons. The molecule has 2 heteroatoms. The van der Waals surface area contributed by atoms with E-state index in [1.807, 2.05) is 0 Å². The Balaban J connectivity index is 4.29. The topological polar surface area (TPSA) is 52.0 Å². The van der Waals surface area contributed by atoms with Crippen LogP contribution in [-0.4, -0.2) is 12.6 Å². The molecule has 0 aromatic heterocycles. The number of hydrogen-bond acceptors (Lipinski definition) is 2. The Morgan fingerprint density at radius 1 is 1.33 bits per heavy atom. The summed E-state index contributed by atoms with van der Waals surface area (Å²) >= 11 is 0. The molecule has 4 N–H and O–H groups in total. The lowest BCUT2D eigenvalue weighted by atomic mass is 9.72. The van der Waals surface area contributed by atoms with Crippen LogP contribution >= 0.6 is 0 Å². The van der Waals surface area contributed by atoms with Gasteiger partial charge in [-0.3, -0.25) is 0 Å². The summed E-state index contributed by atoms with van der Waals surface area (Å²) in [5.74, 6) is 0.512. The van der Waals surface area contributed by atoms with E-state index >= 15 is 0 Å². The molecule has 0 aliphatic carbocycles. The van der Waals surface area contributed by atoms with Gasteiger partial charge in [0.2, 0.25) is 0 Å². The molecule has 0 bridgehead atoms. The fourth-order valence-corrected chi connectivity index (χ4v) is 1.52. The lowest BCUT2D eigenvalue weighted by Crippen LogP contribution is -2.43. The minimum absolute atomic E-state index is 0.218. The van der Waals surface area contributed by atoms with Crippen molar-refractivity contribution < 1.29 is 0 Å². The fraction of sp³-hybridized carbons (Fsp3) is 1.00. The van der Waals surface area contributed by atoms with E-state index in [1.165, 1.54) is 0 Å². The van der Waals surface area contributed by atoms with Crippen LogP contribution in [-0.2, 0) is 0 Å². The van der Waals surface area contributed by atoms with Gasteiger partial charge >= 0.3 is 0 Å². The van der Waals surface area contributed by atoms with Gasteiger partial charge in [-0.15, -0.1) is 0 Å². The van der Waals surface area contributed by atoms with E-state index in [4.69, 9.17) is 11.5 Å². The highest BCUT2D eigenvalue weighted by atomic mass is 14.7. The van der Waals surface area contributed by atoms with Gasteiger partial charge in [-0.25, -0.2) is 0 Å². The van der Waals surface area contributed by atoms with Crippen molar-refractivity contribution in [2.24, 2.45) is 22.8 Å². The Morgan fingerprint density at radius 2 is 1.83 bits per heavy atom. The van der Waals surface area contributed by atoms with Crippen LogP contribution in [0.2, 0.25) is 0 Å². The van der Waals surface area contributed by atoms with Crippen LogP contribution in [0.3, 0.4) is 0 Å². The molecule has 0 fully saturated rings. The van der Waals surface area contributed by atoms with Crippen molar-refractivity contribution in [3.05, 3.63) is 0 Å². The molecule has 0 aromatic rings. The summed E-state index contributed by atoms with van der Waals surface area (Å²) in [6.07, 6.45) is 2.15. The van der Waals surface area contributed by atoms with E-state index < -0.39 is 0 Å². The third-order valence-electron chi connectivity index (χ3n) is 3.49. The van der Waals surface area contributed by atoms with Gasteiger partial charge in [-0.05, 0) is 30.7 Å². The molecule has 0 amide bonds. The average molecular weight is 172 g/mol. The van der Waals surface area contributed by atoms with E-state index in [1.54, 1.807) is 0 Å². The van der Waals surface area contributed by atoms with Gasteiger partial charge in [0, 0.05) is 6.04 Å². The summed E-state index contributed by atoms with van der Waals surface area (Å²) < 4.78 is 0. The van der Waals surface area contributed by atoms with Gasteiger partial charge in [0.05, 0.1) is 0 Å².